The van der Waals surface area contributed by atoms with Gasteiger partial charge >= 0.3 is 18.3 Å². The van der Waals surface area contributed by atoms with Gasteiger partial charge in [-0.25, -0.2) is 9.59 Å². The second kappa shape index (κ2) is 18.3. The molecular formula is C31H44N6O8. The van der Waals surface area contributed by atoms with Crippen molar-refractivity contribution in [2.24, 2.45) is 11.8 Å². The molecule has 1 fully saturated rings. The van der Waals surface area contributed by atoms with Crippen LogP contribution < -0.4 is 16.0 Å². The number of carbonyl (C=O) groups excluding carboxylic acids is 6. The van der Waals surface area contributed by atoms with Crippen molar-refractivity contribution in [1.29, 1.82) is 0 Å². The molecule has 0 bridgehead atoms. The fourth-order valence-corrected chi connectivity index (χ4v) is 4.94. The van der Waals surface area contributed by atoms with E-state index in [-0.39, 0.29) is 31.9 Å². The smallest absolute Gasteiger partial charge is 0.408 e. The predicted molar refractivity (Wildman–Crippen MR) is 162 cm³/mol. The van der Waals surface area contributed by atoms with Gasteiger partial charge in [0.2, 0.25) is 23.5 Å². The van der Waals surface area contributed by atoms with Gasteiger partial charge in [0.15, 0.2) is 0 Å². The Morgan fingerprint density at radius 1 is 1.02 bits per heavy atom. The minimum atomic E-state index is -1.27. The number of Topliss-reactive ketones (excluding diaryl/α,β-unsaturated/α-hetero) is 1. The van der Waals surface area contributed by atoms with E-state index in [0.29, 0.717) is 25.5 Å². The number of alkyl carbamates (subject to hydrolysis) is 1. The maximum atomic E-state index is 13.8. The highest BCUT2D eigenvalue weighted by Crippen LogP contribution is 2.21. The van der Waals surface area contributed by atoms with Gasteiger partial charge in [0, 0.05) is 13.0 Å². The summed E-state index contributed by atoms with van der Waals surface area (Å²) in [5.74, 6) is -3.21. The Labute approximate surface area is 263 Å². The highest BCUT2D eigenvalue weighted by molar-refractivity contribution is 6.25. The fourth-order valence-electron chi connectivity index (χ4n) is 4.94. The Hall–Kier alpha value is -4.58. The number of amides is 4. The van der Waals surface area contributed by atoms with Crippen LogP contribution in [0.15, 0.2) is 30.3 Å². The molecular weight excluding hydrogens is 584 g/mol. The summed E-state index contributed by atoms with van der Waals surface area (Å²) in [6.07, 6.45) is 0.641. The SMILES string of the molecule is COC(=O)[C@H](CC(C)C)NC(=O)[C@@H]1CCCN1C(=O)[C@@H](NC(=O)[C@H](CCC(=O)C=[N+]=[N-])NC(=O)OCc1ccccc1)C(C)C. The molecule has 0 radical (unpaired) electrons. The second-order valence-electron chi connectivity index (χ2n) is 11.6. The minimum Gasteiger partial charge on any atom is -0.467 e. The molecule has 0 aliphatic carbocycles. The van der Waals surface area contributed by atoms with Gasteiger partial charge in [-0.1, -0.05) is 58.0 Å². The van der Waals surface area contributed by atoms with Crippen molar-refractivity contribution < 1.29 is 43.0 Å². The summed E-state index contributed by atoms with van der Waals surface area (Å²) in [6.45, 7) is 7.47. The normalized spacial score (nSPS) is 16.2. The number of rotatable bonds is 16. The molecule has 1 aromatic rings. The summed E-state index contributed by atoms with van der Waals surface area (Å²) in [5, 5.41) is 7.85. The summed E-state index contributed by atoms with van der Waals surface area (Å²) in [5.41, 5.74) is 9.37. The molecule has 1 aliphatic heterocycles. The number of methoxy groups -OCH3 is 1. The van der Waals surface area contributed by atoms with E-state index in [9.17, 15) is 28.8 Å². The van der Waals surface area contributed by atoms with Gasteiger partial charge in [-0.2, -0.15) is 4.79 Å². The van der Waals surface area contributed by atoms with Crippen molar-refractivity contribution in [3.63, 3.8) is 0 Å². The molecule has 1 aliphatic rings. The molecule has 1 saturated heterocycles. The molecule has 0 unspecified atom stereocenters. The average Bonchev–Trinajstić information content (AvgIpc) is 3.50. The molecule has 0 aromatic heterocycles. The third-order valence-corrected chi connectivity index (χ3v) is 7.28. The van der Waals surface area contributed by atoms with E-state index in [1.54, 1.807) is 38.1 Å². The maximum absolute atomic E-state index is 13.8. The monoisotopic (exact) mass is 628 g/mol. The molecule has 246 valence electrons. The fraction of sp³-hybridized carbons (Fsp3) is 0.581. The number of ether oxygens (including phenoxy) is 2. The number of likely N-dealkylation sites (tertiary alicyclic amines) is 1. The molecule has 4 atom stereocenters. The van der Waals surface area contributed by atoms with E-state index in [1.807, 2.05) is 19.9 Å². The van der Waals surface area contributed by atoms with Crippen LogP contribution in [0.4, 0.5) is 4.79 Å². The summed E-state index contributed by atoms with van der Waals surface area (Å²) >= 11 is 0. The molecule has 2 rings (SSSR count). The summed E-state index contributed by atoms with van der Waals surface area (Å²) in [6, 6.07) is 4.82. The van der Waals surface area contributed by atoms with E-state index in [2.05, 4.69) is 20.7 Å². The lowest BCUT2D eigenvalue weighted by atomic mass is 10.00. The first kappa shape index (κ1) is 36.6. The first-order valence-corrected chi connectivity index (χ1v) is 15.0. The predicted octanol–water partition coefficient (Wildman–Crippen LogP) is 1.77. The number of ketones is 1. The molecule has 45 heavy (non-hydrogen) atoms. The number of esters is 1. The topological polar surface area (TPSA) is 197 Å². The highest BCUT2D eigenvalue weighted by Gasteiger charge is 2.40. The van der Waals surface area contributed by atoms with E-state index in [4.69, 9.17) is 15.0 Å². The Bertz CT molecular complexity index is 1250. The number of benzene rings is 1. The quantitative estimate of drug-likeness (QED) is 0.107. The zero-order valence-electron chi connectivity index (χ0n) is 26.5. The van der Waals surface area contributed by atoms with Crippen molar-refractivity contribution in [1.82, 2.24) is 20.9 Å². The molecule has 1 heterocycles. The van der Waals surface area contributed by atoms with Crippen LogP contribution in [0.5, 0.6) is 0 Å². The molecule has 1 aromatic carbocycles. The lowest BCUT2D eigenvalue weighted by Crippen LogP contribution is -2.59. The molecule has 0 spiro atoms. The van der Waals surface area contributed by atoms with Crippen LogP contribution in [0, 0.1) is 11.8 Å². The standard InChI is InChI=1S/C31H44N6O8/c1-19(2)16-24(30(42)44-5)34-28(40)25-12-9-15-37(25)29(41)26(20(3)4)36-27(39)23(14-13-22(38)17-33-32)35-31(43)45-18-21-10-7-6-8-11-21/h6-8,10-11,17,19-20,23-26H,9,12-16,18H2,1-5H3,(H,34,40)(H,35,43)(H,36,39)/t23-,24-,25-,26-/m0/s1. The number of nitrogens with one attached hydrogen (secondary N) is 3. The largest absolute Gasteiger partial charge is 0.467 e. The summed E-state index contributed by atoms with van der Waals surface area (Å²) in [7, 11) is 1.24. The van der Waals surface area contributed by atoms with Crippen molar-refractivity contribution in [3.05, 3.63) is 41.4 Å². The Balaban J connectivity index is 2.17. The highest BCUT2D eigenvalue weighted by atomic mass is 16.5. The van der Waals surface area contributed by atoms with Gasteiger partial charge in [0.25, 0.3) is 0 Å². The first-order valence-electron chi connectivity index (χ1n) is 15.0. The number of hydrogen-bond acceptors (Lipinski definition) is 8. The lowest BCUT2D eigenvalue weighted by molar-refractivity contribution is -0.147. The van der Waals surface area contributed by atoms with Gasteiger partial charge in [0.05, 0.1) is 7.11 Å². The maximum Gasteiger partial charge on any atom is 0.408 e. The van der Waals surface area contributed by atoms with Gasteiger partial charge in [0.1, 0.15) is 30.8 Å². The third-order valence-electron chi connectivity index (χ3n) is 7.28. The van der Waals surface area contributed by atoms with Crippen LogP contribution >= 0.6 is 0 Å². The molecule has 14 heteroatoms. The second-order valence-corrected chi connectivity index (χ2v) is 11.6. The van der Waals surface area contributed by atoms with Crippen LogP contribution in [0.1, 0.15) is 65.4 Å². The summed E-state index contributed by atoms with van der Waals surface area (Å²) in [4.78, 5) is 81.4. The van der Waals surface area contributed by atoms with Crippen LogP contribution in [-0.2, 0) is 40.1 Å². The van der Waals surface area contributed by atoms with Gasteiger partial charge in [-0.15, -0.1) is 0 Å². The van der Waals surface area contributed by atoms with Crippen LogP contribution in [-0.4, -0.2) is 89.3 Å². The third kappa shape index (κ3) is 11.8. The van der Waals surface area contributed by atoms with Crippen molar-refractivity contribution in [2.75, 3.05) is 13.7 Å². The Kier molecular flexibility index (Phi) is 14.9. The van der Waals surface area contributed by atoms with Crippen LogP contribution in [0.2, 0.25) is 0 Å². The molecule has 3 N–H and O–H groups in total. The Morgan fingerprint density at radius 3 is 2.31 bits per heavy atom. The van der Waals surface area contributed by atoms with Gasteiger partial charge < -0.3 is 35.9 Å². The average molecular weight is 629 g/mol. The number of carbonyl (C=O) groups is 6. The van der Waals surface area contributed by atoms with Crippen molar-refractivity contribution >= 4 is 41.8 Å². The lowest BCUT2D eigenvalue weighted by Gasteiger charge is -2.32. The van der Waals surface area contributed by atoms with Gasteiger partial charge in [-0.3, -0.25) is 19.2 Å². The van der Waals surface area contributed by atoms with Crippen molar-refractivity contribution in [2.45, 2.75) is 90.6 Å². The molecule has 0 saturated carbocycles. The minimum absolute atomic E-state index is 0.0589. The van der Waals surface area contributed by atoms with E-state index < -0.39 is 65.7 Å². The van der Waals surface area contributed by atoms with Crippen LogP contribution in [0.25, 0.3) is 5.53 Å². The first-order chi connectivity index (χ1) is 21.4. The number of hydrogen-bond donors (Lipinski definition) is 3. The number of nitrogens with zero attached hydrogens (tertiary/aromatic N) is 3. The van der Waals surface area contributed by atoms with Crippen molar-refractivity contribution in [3.8, 4) is 0 Å². The van der Waals surface area contributed by atoms with E-state index >= 15 is 0 Å². The molecule has 14 nitrogen and oxygen atoms in total. The van der Waals surface area contributed by atoms with E-state index in [1.165, 1.54) is 12.0 Å². The van der Waals surface area contributed by atoms with Crippen LogP contribution in [0.3, 0.4) is 0 Å². The summed E-state index contributed by atoms with van der Waals surface area (Å²) < 4.78 is 10.1. The zero-order valence-corrected chi connectivity index (χ0v) is 26.5. The van der Waals surface area contributed by atoms with Gasteiger partial charge in [-0.05, 0) is 43.1 Å². The Morgan fingerprint density at radius 2 is 1.71 bits per heavy atom. The van der Waals surface area contributed by atoms with E-state index in [0.717, 1.165) is 5.56 Å². The zero-order chi connectivity index (χ0) is 33.5. The molecule has 4 amide bonds.